The summed E-state index contributed by atoms with van der Waals surface area (Å²) < 4.78 is 38.1. The topological polar surface area (TPSA) is 107 Å². The fraction of sp³-hybridized carbons (Fsp3) is 0.238. The number of sulfonamides is 1. The van der Waals surface area contributed by atoms with Gasteiger partial charge < -0.3 is 14.8 Å². The molecular weight excluding hydrogens is 442 g/mol. The van der Waals surface area contributed by atoms with Crippen LogP contribution in [0.25, 0.3) is 10.8 Å². The number of benzene rings is 2. The number of anilines is 1. The third-order valence-electron chi connectivity index (χ3n) is 5.36. The number of carbonyl (C=O) groups is 1. The van der Waals surface area contributed by atoms with Crippen LogP contribution in [0.1, 0.15) is 12.0 Å². The summed E-state index contributed by atoms with van der Waals surface area (Å²) in [7, 11) is -0.865. The van der Waals surface area contributed by atoms with Crippen LogP contribution < -0.4 is 14.8 Å². The Morgan fingerprint density at radius 3 is 2.77 bits per heavy atom. The molecule has 0 saturated carbocycles. The van der Waals surface area contributed by atoms with Gasteiger partial charge in [0.1, 0.15) is 5.75 Å². The summed E-state index contributed by atoms with van der Waals surface area (Å²) >= 11 is 6.16. The van der Waals surface area contributed by atoms with E-state index in [1.165, 1.54) is 32.5 Å². The van der Waals surface area contributed by atoms with Crippen LogP contribution in [0.3, 0.4) is 0 Å². The Hall–Kier alpha value is -2.72. The van der Waals surface area contributed by atoms with Crippen molar-refractivity contribution in [3.8, 4) is 5.75 Å². The average Bonchev–Trinajstić information content (AvgIpc) is 2.78. The zero-order chi connectivity index (χ0) is 22.2. The molecule has 1 atom stereocenters. The molecule has 1 amide bonds. The molecule has 1 aromatic heterocycles. The second kappa shape index (κ2) is 8.08. The smallest absolute Gasteiger partial charge is 0.261 e. The van der Waals surface area contributed by atoms with Crippen molar-refractivity contribution in [1.29, 1.82) is 0 Å². The van der Waals surface area contributed by atoms with Gasteiger partial charge >= 0.3 is 0 Å². The van der Waals surface area contributed by atoms with Crippen molar-refractivity contribution in [3.05, 3.63) is 59.4 Å². The van der Waals surface area contributed by atoms with Gasteiger partial charge in [-0.15, -0.1) is 0 Å². The monoisotopic (exact) mass is 461 g/mol. The van der Waals surface area contributed by atoms with Gasteiger partial charge in [-0.3, -0.25) is 9.78 Å². The second-order valence-corrected chi connectivity index (χ2v) is 9.32. The van der Waals surface area contributed by atoms with Crippen LogP contribution in [0, 0.1) is 0 Å². The maximum atomic E-state index is 13.5. The van der Waals surface area contributed by atoms with Crippen LogP contribution in [-0.4, -0.2) is 40.1 Å². The molecule has 0 saturated heterocycles. The molecule has 2 heterocycles. The molecule has 3 aromatic rings. The highest BCUT2D eigenvalue weighted by molar-refractivity contribution is 7.89. The number of fused-ring (bicyclic) bond motifs is 2. The number of nitrogens with zero attached hydrogens (tertiary/aromatic N) is 1. The summed E-state index contributed by atoms with van der Waals surface area (Å²) in [5, 5.41) is 4.52. The molecule has 0 aliphatic carbocycles. The number of rotatable bonds is 5. The van der Waals surface area contributed by atoms with E-state index in [0.29, 0.717) is 32.8 Å². The van der Waals surface area contributed by atoms with Gasteiger partial charge in [-0.2, -0.15) is 0 Å². The quantitative estimate of drug-likeness (QED) is 0.604. The largest absolute Gasteiger partial charge is 0.493 e. The third kappa shape index (κ3) is 3.74. The van der Waals surface area contributed by atoms with Gasteiger partial charge in [0.15, 0.2) is 5.60 Å². The number of hydrogen-bond acceptors (Lipinski definition) is 6. The molecule has 2 aromatic carbocycles. The summed E-state index contributed by atoms with van der Waals surface area (Å²) in [5.41, 5.74) is -0.435. The molecule has 1 aliphatic rings. The Balaban J connectivity index is 1.78. The van der Waals surface area contributed by atoms with E-state index >= 15 is 0 Å². The molecular formula is C21H20ClN3O5S. The maximum absolute atomic E-state index is 13.5. The number of nitrogens with one attached hydrogen (secondary N) is 2. The van der Waals surface area contributed by atoms with Gasteiger partial charge in [0.05, 0.1) is 23.4 Å². The van der Waals surface area contributed by atoms with Gasteiger partial charge in [0, 0.05) is 41.1 Å². The molecule has 0 fully saturated rings. The minimum absolute atomic E-state index is 0.0776. The lowest BCUT2D eigenvalue weighted by atomic mass is 9.86. The lowest BCUT2D eigenvalue weighted by molar-refractivity contribution is -0.142. The van der Waals surface area contributed by atoms with Crippen LogP contribution in [-0.2, 0) is 25.2 Å². The minimum atomic E-state index is -3.66. The normalized spacial score (nSPS) is 18.3. The molecule has 1 aliphatic heterocycles. The lowest BCUT2D eigenvalue weighted by Gasteiger charge is -2.36. The van der Waals surface area contributed by atoms with Crippen LogP contribution in [0.5, 0.6) is 5.75 Å². The molecule has 0 bridgehead atoms. The predicted octanol–water partition coefficient (Wildman–Crippen LogP) is 3.06. The Bertz CT molecular complexity index is 1280. The predicted molar refractivity (Wildman–Crippen MR) is 117 cm³/mol. The second-order valence-electron chi connectivity index (χ2n) is 7.00. The standard InChI is InChI=1S/C21H20ClN3O5S/c1-23-31(27,28)15-5-3-13-11-24-12-18(16(13)10-15)25-20(26)21(29-2)7-8-30-19-6-4-14(22)9-17(19)21/h3-6,9-12,23H,7-8H2,1-2H3,(H,25,26). The van der Waals surface area contributed by atoms with Crippen molar-refractivity contribution in [1.82, 2.24) is 9.71 Å². The minimum Gasteiger partial charge on any atom is -0.493 e. The van der Waals surface area contributed by atoms with Crippen molar-refractivity contribution < 1.29 is 22.7 Å². The van der Waals surface area contributed by atoms with Crippen molar-refractivity contribution in [2.24, 2.45) is 0 Å². The van der Waals surface area contributed by atoms with Crippen molar-refractivity contribution >= 4 is 44.0 Å². The molecule has 1 unspecified atom stereocenters. The van der Waals surface area contributed by atoms with E-state index in [0.717, 1.165) is 0 Å². The number of aromatic nitrogens is 1. The number of halogens is 1. The molecule has 0 radical (unpaired) electrons. The van der Waals surface area contributed by atoms with Gasteiger partial charge in [-0.05, 0) is 37.4 Å². The average molecular weight is 462 g/mol. The highest BCUT2D eigenvalue weighted by atomic mass is 35.5. The Morgan fingerprint density at radius 1 is 1.23 bits per heavy atom. The van der Waals surface area contributed by atoms with E-state index in [-0.39, 0.29) is 17.9 Å². The first-order chi connectivity index (χ1) is 14.8. The number of hydrogen-bond donors (Lipinski definition) is 2. The Kier molecular flexibility index (Phi) is 5.61. The van der Waals surface area contributed by atoms with Crippen LogP contribution in [0.2, 0.25) is 5.02 Å². The third-order valence-corrected chi connectivity index (χ3v) is 7.01. The van der Waals surface area contributed by atoms with Gasteiger partial charge in [-0.25, -0.2) is 13.1 Å². The lowest BCUT2D eigenvalue weighted by Crippen LogP contribution is -2.45. The molecule has 31 heavy (non-hydrogen) atoms. The van der Waals surface area contributed by atoms with Gasteiger partial charge in [-0.1, -0.05) is 17.7 Å². The molecule has 8 nitrogen and oxygen atoms in total. The molecule has 4 rings (SSSR count). The van der Waals surface area contributed by atoms with E-state index in [2.05, 4.69) is 15.0 Å². The number of pyridine rings is 1. The highest BCUT2D eigenvalue weighted by Crippen LogP contribution is 2.42. The number of methoxy groups -OCH3 is 1. The number of ether oxygens (including phenoxy) is 2. The summed E-state index contributed by atoms with van der Waals surface area (Å²) in [6.45, 7) is 0.286. The zero-order valence-corrected chi connectivity index (χ0v) is 18.4. The molecule has 162 valence electrons. The van der Waals surface area contributed by atoms with Crippen LogP contribution >= 0.6 is 11.6 Å². The van der Waals surface area contributed by atoms with Crippen LogP contribution in [0.4, 0.5) is 5.69 Å². The summed E-state index contributed by atoms with van der Waals surface area (Å²) in [5.74, 6) is 0.0871. The van der Waals surface area contributed by atoms with Gasteiger partial charge in [0.25, 0.3) is 5.91 Å². The van der Waals surface area contributed by atoms with Crippen molar-refractivity contribution in [2.45, 2.75) is 16.9 Å². The van der Waals surface area contributed by atoms with Gasteiger partial charge in [0.2, 0.25) is 10.0 Å². The van der Waals surface area contributed by atoms with E-state index in [9.17, 15) is 13.2 Å². The van der Waals surface area contributed by atoms with Crippen LogP contribution in [0.15, 0.2) is 53.7 Å². The van der Waals surface area contributed by atoms with E-state index in [4.69, 9.17) is 21.1 Å². The fourth-order valence-corrected chi connectivity index (χ4v) is 4.60. The molecule has 2 N–H and O–H groups in total. The number of carbonyl (C=O) groups excluding carboxylic acids is 1. The van der Waals surface area contributed by atoms with Crippen molar-refractivity contribution in [3.63, 3.8) is 0 Å². The SMILES string of the molecule is CNS(=O)(=O)c1ccc2cncc(NC(=O)C3(OC)CCOc4ccc(Cl)cc43)c2c1. The first kappa shape index (κ1) is 21.5. The Morgan fingerprint density at radius 2 is 2.03 bits per heavy atom. The first-order valence-corrected chi connectivity index (χ1v) is 11.3. The summed E-state index contributed by atoms with van der Waals surface area (Å²) in [6, 6.07) is 9.64. The fourth-order valence-electron chi connectivity index (χ4n) is 3.67. The zero-order valence-electron chi connectivity index (χ0n) is 16.8. The van der Waals surface area contributed by atoms with E-state index < -0.39 is 21.5 Å². The number of amides is 1. The van der Waals surface area contributed by atoms with Crippen molar-refractivity contribution in [2.75, 3.05) is 26.1 Å². The Labute approximate surface area is 184 Å². The maximum Gasteiger partial charge on any atom is 0.261 e. The highest BCUT2D eigenvalue weighted by Gasteiger charge is 2.45. The summed E-state index contributed by atoms with van der Waals surface area (Å²) in [6.07, 6.45) is 3.34. The summed E-state index contributed by atoms with van der Waals surface area (Å²) in [4.78, 5) is 17.7. The van der Waals surface area contributed by atoms with E-state index in [1.54, 1.807) is 30.5 Å². The first-order valence-electron chi connectivity index (χ1n) is 9.41. The molecule has 0 spiro atoms. The van der Waals surface area contributed by atoms with E-state index in [1.807, 2.05) is 0 Å². The molecule has 10 heteroatoms.